The van der Waals surface area contributed by atoms with Crippen LogP contribution in [0.4, 0.5) is 5.69 Å². The fourth-order valence-corrected chi connectivity index (χ4v) is 1.97. The maximum atomic E-state index is 11.8. The van der Waals surface area contributed by atoms with Crippen molar-refractivity contribution < 1.29 is 9.53 Å². The summed E-state index contributed by atoms with van der Waals surface area (Å²) in [7, 11) is 0. The monoisotopic (exact) mass is 273 g/mol. The molecule has 0 aromatic heterocycles. The first-order valence-corrected chi connectivity index (χ1v) is 6.25. The maximum Gasteiger partial charge on any atom is 0.341 e. The molecule has 1 aromatic rings. The van der Waals surface area contributed by atoms with Crippen LogP contribution in [0.25, 0.3) is 0 Å². The average Bonchev–Trinajstić information content (AvgIpc) is 3.08. The molecule has 1 saturated carbocycles. The zero-order valence-corrected chi connectivity index (χ0v) is 10.7. The summed E-state index contributed by atoms with van der Waals surface area (Å²) in [5, 5.41) is 0.576. The Labute approximate surface area is 110 Å². The maximum absolute atomic E-state index is 11.8. The minimum Gasteiger partial charge on any atom is -0.462 e. The van der Waals surface area contributed by atoms with Gasteiger partial charge in [0.1, 0.15) is 5.56 Å². The van der Waals surface area contributed by atoms with Crippen LogP contribution >= 0.6 is 23.2 Å². The lowest BCUT2D eigenvalue weighted by atomic mass is 10.2. The number of nitrogens with two attached hydrogens (primary N) is 1. The minimum absolute atomic E-state index is 0.162. The zero-order valence-electron chi connectivity index (χ0n) is 9.21. The van der Waals surface area contributed by atoms with E-state index in [1.165, 1.54) is 18.9 Å². The molecule has 0 aliphatic heterocycles. The molecule has 92 valence electrons. The number of carbonyl (C=O) groups excluding carboxylic acids is 1. The summed E-state index contributed by atoms with van der Waals surface area (Å²) in [5.41, 5.74) is 6.05. The molecular formula is C12H13Cl2NO2. The molecule has 0 atom stereocenters. The number of carbonyl (C=O) groups is 1. The summed E-state index contributed by atoms with van der Waals surface area (Å²) < 4.78 is 5.13. The van der Waals surface area contributed by atoms with Crippen molar-refractivity contribution in [3.05, 3.63) is 27.7 Å². The van der Waals surface area contributed by atoms with E-state index >= 15 is 0 Å². The lowest BCUT2D eigenvalue weighted by molar-refractivity contribution is 0.0496. The van der Waals surface area contributed by atoms with Gasteiger partial charge < -0.3 is 10.5 Å². The molecule has 1 fully saturated rings. The SMILES string of the molecule is Nc1c(Cl)ccc(Cl)c1C(=O)OCCC1CC1. The Morgan fingerprint density at radius 2 is 2.00 bits per heavy atom. The summed E-state index contributed by atoms with van der Waals surface area (Å²) in [6.07, 6.45) is 3.37. The zero-order chi connectivity index (χ0) is 12.4. The number of ether oxygens (including phenoxy) is 1. The van der Waals surface area contributed by atoms with Crippen molar-refractivity contribution in [2.75, 3.05) is 12.3 Å². The molecule has 0 bridgehead atoms. The third-order valence-corrected chi connectivity index (χ3v) is 3.45. The number of hydrogen-bond donors (Lipinski definition) is 1. The van der Waals surface area contributed by atoms with Gasteiger partial charge in [-0.05, 0) is 24.5 Å². The summed E-state index contributed by atoms with van der Waals surface area (Å²) >= 11 is 11.7. The molecule has 5 heteroatoms. The second-order valence-corrected chi connectivity index (χ2v) is 5.00. The van der Waals surface area contributed by atoms with Crippen LogP contribution in [0.2, 0.25) is 10.0 Å². The number of rotatable bonds is 4. The first kappa shape index (κ1) is 12.5. The van der Waals surface area contributed by atoms with Gasteiger partial charge in [0.25, 0.3) is 0 Å². The molecule has 0 unspecified atom stereocenters. The van der Waals surface area contributed by atoms with Gasteiger partial charge in [-0.3, -0.25) is 0 Å². The van der Waals surface area contributed by atoms with Gasteiger partial charge in [-0.2, -0.15) is 0 Å². The quantitative estimate of drug-likeness (QED) is 0.675. The van der Waals surface area contributed by atoms with Crippen LogP contribution in [0.15, 0.2) is 12.1 Å². The number of halogens is 2. The van der Waals surface area contributed by atoms with Crippen LogP contribution < -0.4 is 5.73 Å². The number of anilines is 1. The first-order chi connectivity index (χ1) is 8.09. The third-order valence-electron chi connectivity index (χ3n) is 2.80. The molecule has 0 spiro atoms. The number of hydrogen-bond acceptors (Lipinski definition) is 3. The standard InChI is InChI=1S/C12H13Cl2NO2/c13-8-3-4-9(14)11(15)10(8)12(16)17-6-5-7-1-2-7/h3-4,7H,1-2,5-6,15H2. The minimum atomic E-state index is -0.504. The highest BCUT2D eigenvalue weighted by molar-refractivity contribution is 6.38. The molecule has 2 rings (SSSR count). The number of benzene rings is 1. The van der Waals surface area contributed by atoms with Crippen LogP contribution in [0.3, 0.4) is 0 Å². The van der Waals surface area contributed by atoms with Crippen molar-refractivity contribution >= 4 is 34.9 Å². The Balaban J connectivity index is 2.04. The van der Waals surface area contributed by atoms with Crippen LogP contribution in [-0.2, 0) is 4.74 Å². The second-order valence-electron chi connectivity index (χ2n) is 4.19. The van der Waals surface area contributed by atoms with E-state index < -0.39 is 5.97 Å². The number of nitrogen functional groups attached to an aromatic ring is 1. The van der Waals surface area contributed by atoms with Crippen molar-refractivity contribution in [3.63, 3.8) is 0 Å². The molecule has 2 N–H and O–H groups in total. The molecule has 1 aliphatic rings. The average molecular weight is 274 g/mol. The van der Waals surface area contributed by atoms with Gasteiger partial charge in [0, 0.05) is 0 Å². The molecule has 0 amide bonds. The summed E-state index contributed by atoms with van der Waals surface area (Å²) in [6, 6.07) is 3.10. The van der Waals surface area contributed by atoms with E-state index in [9.17, 15) is 4.79 Å². The van der Waals surface area contributed by atoms with Gasteiger partial charge in [0.05, 0.1) is 22.3 Å². The Morgan fingerprint density at radius 3 is 2.65 bits per heavy atom. The summed E-state index contributed by atoms with van der Waals surface area (Å²) in [4.78, 5) is 11.8. The Kier molecular flexibility index (Phi) is 3.79. The lowest BCUT2D eigenvalue weighted by Crippen LogP contribution is -2.10. The topological polar surface area (TPSA) is 52.3 Å². The van der Waals surface area contributed by atoms with E-state index in [1.54, 1.807) is 6.07 Å². The molecule has 1 aromatic carbocycles. The van der Waals surface area contributed by atoms with E-state index in [0.717, 1.165) is 12.3 Å². The largest absolute Gasteiger partial charge is 0.462 e. The van der Waals surface area contributed by atoms with E-state index in [-0.39, 0.29) is 16.3 Å². The molecule has 3 nitrogen and oxygen atoms in total. The smallest absolute Gasteiger partial charge is 0.341 e. The van der Waals surface area contributed by atoms with Gasteiger partial charge in [0.2, 0.25) is 0 Å². The number of esters is 1. The van der Waals surface area contributed by atoms with E-state index in [1.807, 2.05) is 0 Å². The van der Waals surface area contributed by atoms with Crippen LogP contribution in [0.5, 0.6) is 0 Å². The van der Waals surface area contributed by atoms with E-state index in [4.69, 9.17) is 33.7 Å². The van der Waals surface area contributed by atoms with Crippen molar-refractivity contribution in [3.8, 4) is 0 Å². The molecular weight excluding hydrogens is 261 g/mol. The van der Waals surface area contributed by atoms with Gasteiger partial charge >= 0.3 is 5.97 Å². The van der Waals surface area contributed by atoms with Crippen molar-refractivity contribution in [2.45, 2.75) is 19.3 Å². The summed E-state index contributed by atoms with van der Waals surface area (Å²) in [6.45, 7) is 0.409. The van der Waals surface area contributed by atoms with Crippen molar-refractivity contribution in [2.24, 2.45) is 5.92 Å². The molecule has 1 aliphatic carbocycles. The molecule has 0 saturated heterocycles. The highest BCUT2D eigenvalue weighted by atomic mass is 35.5. The van der Waals surface area contributed by atoms with E-state index in [0.29, 0.717) is 11.6 Å². The normalized spacial score (nSPS) is 14.7. The molecule has 0 heterocycles. The second kappa shape index (κ2) is 5.15. The van der Waals surface area contributed by atoms with E-state index in [2.05, 4.69) is 0 Å². The predicted molar refractivity (Wildman–Crippen MR) is 68.5 cm³/mol. The fourth-order valence-electron chi connectivity index (χ4n) is 1.57. The van der Waals surface area contributed by atoms with Crippen LogP contribution in [0, 0.1) is 5.92 Å². The van der Waals surface area contributed by atoms with Crippen molar-refractivity contribution in [1.29, 1.82) is 0 Å². The fraction of sp³-hybridized carbons (Fsp3) is 0.417. The lowest BCUT2D eigenvalue weighted by Gasteiger charge is -2.09. The van der Waals surface area contributed by atoms with Crippen LogP contribution in [-0.4, -0.2) is 12.6 Å². The Bertz CT molecular complexity index is 444. The first-order valence-electron chi connectivity index (χ1n) is 5.50. The van der Waals surface area contributed by atoms with Crippen LogP contribution in [0.1, 0.15) is 29.6 Å². The summed E-state index contributed by atoms with van der Waals surface area (Å²) in [5.74, 6) is 0.214. The van der Waals surface area contributed by atoms with Gasteiger partial charge in [-0.25, -0.2) is 4.79 Å². The predicted octanol–water partition coefficient (Wildman–Crippen LogP) is 3.53. The van der Waals surface area contributed by atoms with Gasteiger partial charge in [-0.15, -0.1) is 0 Å². The van der Waals surface area contributed by atoms with Crippen molar-refractivity contribution in [1.82, 2.24) is 0 Å². The Hall–Kier alpha value is -0.930. The molecule has 0 radical (unpaired) electrons. The van der Waals surface area contributed by atoms with Gasteiger partial charge in [-0.1, -0.05) is 36.0 Å². The highest BCUT2D eigenvalue weighted by Gasteiger charge is 2.22. The van der Waals surface area contributed by atoms with Gasteiger partial charge in [0.15, 0.2) is 0 Å². The highest BCUT2D eigenvalue weighted by Crippen LogP contribution is 2.33. The molecule has 17 heavy (non-hydrogen) atoms. The Morgan fingerprint density at radius 1 is 1.35 bits per heavy atom. The third kappa shape index (κ3) is 3.05.